The number of thiophene rings is 1. The highest BCUT2D eigenvalue weighted by Crippen LogP contribution is 2.35. The Labute approximate surface area is 188 Å². The molecule has 0 spiro atoms. The van der Waals surface area contributed by atoms with E-state index < -0.39 is 0 Å². The number of carbonyl (C=O) groups is 1. The van der Waals surface area contributed by atoms with Crippen molar-refractivity contribution in [3.05, 3.63) is 75.4 Å². The van der Waals surface area contributed by atoms with E-state index in [0.29, 0.717) is 5.16 Å². The lowest BCUT2D eigenvalue weighted by molar-refractivity contribution is -0.113. The number of amides is 1. The molecule has 2 aromatic carbocycles. The van der Waals surface area contributed by atoms with E-state index in [1.165, 1.54) is 22.2 Å². The fourth-order valence-corrected chi connectivity index (χ4v) is 6.09. The van der Waals surface area contributed by atoms with Crippen LogP contribution in [0, 0.1) is 0 Å². The van der Waals surface area contributed by atoms with Crippen molar-refractivity contribution in [3.8, 4) is 11.1 Å². The first kappa shape index (κ1) is 20.0. The molecule has 0 unspecified atom stereocenters. The molecule has 0 saturated heterocycles. The first-order chi connectivity index (χ1) is 15.1. The van der Waals surface area contributed by atoms with Gasteiger partial charge in [-0.25, -0.2) is 4.98 Å². The van der Waals surface area contributed by atoms with Crippen LogP contribution in [0.1, 0.15) is 16.9 Å². The maximum Gasteiger partial charge on any atom is 0.262 e. The minimum atomic E-state index is -0.128. The van der Waals surface area contributed by atoms with Crippen molar-refractivity contribution >= 4 is 44.9 Å². The Hall–Kier alpha value is -2.90. The van der Waals surface area contributed by atoms with Crippen LogP contribution in [0.2, 0.25) is 0 Å². The number of anilines is 1. The lowest BCUT2D eigenvalue weighted by atomic mass is 10.0. The summed E-state index contributed by atoms with van der Waals surface area (Å²) in [7, 11) is 1.73. The average Bonchev–Trinajstić information content (AvgIpc) is 3.37. The smallest absolute Gasteiger partial charge is 0.262 e. The van der Waals surface area contributed by atoms with E-state index in [2.05, 4.69) is 5.32 Å². The van der Waals surface area contributed by atoms with Gasteiger partial charge in [0.15, 0.2) is 5.16 Å². The van der Waals surface area contributed by atoms with Crippen LogP contribution in [0.25, 0.3) is 21.3 Å². The summed E-state index contributed by atoms with van der Waals surface area (Å²) < 4.78 is 1.57. The number of rotatable bonds is 5. The topological polar surface area (TPSA) is 64.0 Å². The van der Waals surface area contributed by atoms with Crippen LogP contribution in [0.3, 0.4) is 0 Å². The van der Waals surface area contributed by atoms with Crippen molar-refractivity contribution in [2.24, 2.45) is 7.05 Å². The summed E-state index contributed by atoms with van der Waals surface area (Å²) in [4.78, 5) is 32.4. The van der Waals surface area contributed by atoms with E-state index in [4.69, 9.17) is 4.98 Å². The predicted molar refractivity (Wildman–Crippen MR) is 128 cm³/mol. The van der Waals surface area contributed by atoms with Crippen LogP contribution in [0.15, 0.2) is 64.5 Å². The van der Waals surface area contributed by atoms with Gasteiger partial charge in [0.1, 0.15) is 4.83 Å². The third-order valence-electron chi connectivity index (χ3n) is 5.52. The Kier molecular flexibility index (Phi) is 5.38. The first-order valence-electron chi connectivity index (χ1n) is 10.2. The molecule has 156 valence electrons. The quantitative estimate of drug-likeness (QED) is 0.350. The van der Waals surface area contributed by atoms with Gasteiger partial charge in [0.25, 0.3) is 5.56 Å². The number of benzene rings is 2. The molecule has 1 amide bonds. The molecular weight excluding hydrogens is 426 g/mol. The normalized spacial score (nSPS) is 12.8. The molecule has 31 heavy (non-hydrogen) atoms. The largest absolute Gasteiger partial charge is 0.325 e. The van der Waals surface area contributed by atoms with Gasteiger partial charge in [-0.05, 0) is 36.5 Å². The Balaban J connectivity index is 1.35. The highest BCUT2D eigenvalue weighted by Gasteiger charge is 2.22. The number of hydrogen-bond acceptors (Lipinski definition) is 5. The van der Waals surface area contributed by atoms with Gasteiger partial charge in [-0.2, -0.15) is 0 Å². The summed E-state index contributed by atoms with van der Waals surface area (Å²) in [5.41, 5.74) is 3.96. The second-order valence-corrected chi connectivity index (χ2v) is 9.57. The van der Waals surface area contributed by atoms with Crippen LogP contribution in [-0.4, -0.2) is 21.2 Å². The zero-order valence-corrected chi connectivity index (χ0v) is 18.7. The second-order valence-electron chi connectivity index (χ2n) is 7.54. The lowest BCUT2D eigenvalue weighted by Gasteiger charge is -2.12. The van der Waals surface area contributed by atoms with E-state index in [1.54, 1.807) is 23.0 Å². The van der Waals surface area contributed by atoms with Crippen LogP contribution in [0.5, 0.6) is 0 Å². The highest BCUT2D eigenvalue weighted by molar-refractivity contribution is 7.99. The summed E-state index contributed by atoms with van der Waals surface area (Å²) in [5, 5.41) is 4.35. The maximum atomic E-state index is 12.9. The van der Waals surface area contributed by atoms with Crippen molar-refractivity contribution in [1.82, 2.24) is 9.55 Å². The Morgan fingerprint density at radius 3 is 2.74 bits per heavy atom. The fourth-order valence-electron chi connectivity index (χ4n) is 4.01. The van der Waals surface area contributed by atoms with Gasteiger partial charge in [-0.15, -0.1) is 11.3 Å². The van der Waals surface area contributed by atoms with Crippen molar-refractivity contribution in [2.45, 2.75) is 24.4 Å². The third kappa shape index (κ3) is 3.79. The number of nitrogens with zero attached hydrogens (tertiary/aromatic N) is 2. The average molecular weight is 448 g/mol. The summed E-state index contributed by atoms with van der Waals surface area (Å²) >= 11 is 2.91. The van der Waals surface area contributed by atoms with Crippen molar-refractivity contribution in [1.29, 1.82) is 0 Å². The zero-order chi connectivity index (χ0) is 21.4. The molecule has 5 rings (SSSR count). The summed E-state index contributed by atoms with van der Waals surface area (Å²) in [5.74, 6) is 0.0522. The number of thioether (sulfide) groups is 1. The molecule has 0 bridgehead atoms. The molecule has 2 heterocycles. The standard InChI is InChI=1S/C24H21N3O2S2/c1-27-23(29)21-17-11-7-13-19(17)31-22(21)26-24(27)30-14-20(28)25-18-12-6-5-10-16(18)15-8-3-2-4-9-15/h2-6,8-10,12H,7,11,13-14H2,1H3,(H,25,28). The molecule has 1 N–H and O–H groups in total. The molecule has 0 saturated carbocycles. The van der Waals surface area contributed by atoms with Gasteiger partial charge >= 0.3 is 0 Å². The van der Waals surface area contributed by atoms with Crippen LogP contribution >= 0.6 is 23.1 Å². The van der Waals surface area contributed by atoms with Gasteiger partial charge in [-0.1, -0.05) is 60.3 Å². The second kappa shape index (κ2) is 8.32. The molecule has 5 nitrogen and oxygen atoms in total. The third-order valence-corrected chi connectivity index (χ3v) is 7.74. The van der Waals surface area contributed by atoms with E-state index in [9.17, 15) is 9.59 Å². The molecule has 0 radical (unpaired) electrons. The molecule has 1 aliphatic rings. The molecule has 7 heteroatoms. The molecule has 0 atom stereocenters. The number of hydrogen-bond donors (Lipinski definition) is 1. The summed E-state index contributed by atoms with van der Waals surface area (Å²) in [6.45, 7) is 0. The molecule has 1 aliphatic carbocycles. The number of para-hydroxylation sites is 1. The molecule has 0 fully saturated rings. The van der Waals surface area contributed by atoms with Crippen molar-refractivity contribution in [2.75, 3.05) is 11.1 Å². The highest BCUT2D eigenvalue weighted by atomic mass is 32.2. The molecule has 0 aliphatic heterocycles. The van der Waals surface area contributed by atoms with Crippen LogP contribution in [-0.2, 0) is 24.7 Å². The summed E-state index contributed by atoms with van der Waals surface area (Å²) in [6.07, 6.45) is 3.11. The number of fused-ring (bicyclic) bond motifs is 3. The number of aryl methyl sites for hydroxylation is 2. The number of nitrogens with one attached hydrogen (secondary N) is 1. The first-order valence-corrected chi connectivity index (χ1v) is 12.0. The van der Waals surface area contributed by atoms with Gasteiger partial charge in [0.05, 0.1) is 11.1 Å². The van der Waals surface area contributed by atoms with Gasteiger partial charge in [0, 0.05) is 23.2 Å². The van der Waals surface area contributed by atoms with Crippen molar-refractivity contribution in [3.63, 3.8) is 0 Å². The van der Waals surface area contributed by atoms with Crippen LogP contribution in [0.4, 0.5) is 5.69 Å². The van der Waals surface area contributed by atoms with Gasteiger partial charge in [-0.3, -0.25) is 14.2 Å². The van der Waals surface area contributed by atoms with Crippen molar-refractivity contribution < 1.29 is 4.79 Å². The Bertz CT molecular complexity index is 1340. The SMILES string of the molecule is Cn1c(SCC(=O)Nc2ccccc2-c2ccccc2)nc2sc3c(c2c1=O)CCC3. The predicted octanol–water partition coefficient (Wildman–Crippen LogP) is 4.88. The molecule has 4 aromatic rings. The minimum absolute atomic E-state index is 0.0123. The van der Waals surface area contributed by atoms with E-state index in [0.717, 1.165) is 46.3 Å². The lowest BCUT2D eigenvalue weighted by Crippen LogP contribution is -2.21. The number of carbonyl (C=O) groups excluding carboxylic acids is 1. The summed E-state index contributed by atoms with van der Waals surface area (Å²) in [6, 6.07) is 17.7. The molecular formula is C24H21N3O2S2. The monoisotopic (exact) mass is 447 g/mol. The van der Waals surface area contributed by atoms with E-state index in [-0.39, 0.29) is 17.2 Å². The van der Waals surface area contributed by atoms with Gasteiger partial charge in [0.2, 0.25) is 5.91 Å². The molecule has 2 aromatic heterocycles. The maximum absolute atomic E-state index is 12.9. The zero-order valence-electron chi connectivity index (χ0n) is 17.1. The minimum Gasteiger partial charge on any atom is -0.325 e. The number of aromatic nitrogens is 2. The fraction of sp³-hybridized carbons (Fsp3) is 0.208. The van der Waals surface area contributed by atoms with E-state index in [1.807, 2.05) is 54.6 Å². The Morgan fingerprint density at radius 2 is 1.90 bits per heavy atom. The van der Waals surface area contributed by atoms with Crippen LogP contribution < -0.4 is 10.9 Å². The van der Waals surface area contributed by atoms with E-state index >= 15 is 0 Å². The van der Waals surface area contributed by atoms with Gasteiger partial charge < -0.3 is 5.32 Å². The Morgan fingerprint density at radius 1 is 1.13 bits per heavy atom.